The second-order valence-electron chi connectivity index (χ2n) is 4.63. The van der Waals surface area contributed by atoms with Crippen molar-refractivity contribution < 1.29 is 23.6 Å². The van der Waals surface area contributed by atoms with Crippen LogP contribution in [-0.2, 0) is 4.74 Å². The summed E-state index contributed by atoms with van der Waals surface area (Å²) in [5.74, 6) is 0. The lowest BCUT2D eigenvalue weighted by molar-refractivity contribution is -0.598. The van der Waals surface area contributed by atoms with Gasteiger partial charge in [-0.05, 0) is 26.3 Å². The SMILES string of the molecule is CCC(O)c1c2ccoc2cc[n+]1C(=O)OC(C)C. The van der Waals surface area contributed by atoms with Crippen molar-refractivity contribution in [3.8, 4) is 0 Å². The lowest BCUT2D eigenvalue weighted by Gasteiger charge is -2.09. The number of carbonyl (C=O) groups excluding carboxylic acids is 1. The fourth-order valence-electron chi connectivity index (χ4n) is 1.96. The molecule has 0 radical (unpaired) electrons. The average Bonchev–Trinajstić information content (AvgIpc) is 2.83. The van der Waals surface area contributed by atoms with Gasteiger partial charge in [-0.25, -0.2) is 0 Å². The van der Waals surface area contributed by atoms with Gasteiger partial charge in [0, 0.05) is 6.07 Å². The highest BCUT2D eigenvalue weighted by atomic mass is 16.6. The van der Waals surface area contributed by atoms with E-state index in [-0.39, 0.29) is 6.10 Å². The van der Waals surface area contributed by atoms with E-state index in [1.807, 2.05) is 6.92 Å². The molecule has 2 rings (SSSR count). The molecule has 0 spiro atoms. The van der Waals surface area contributed by atoms with Gasteiger partial charge in [-0.2, -0.15) is 4.79 Å². The number of aromatic nitrogens is 1. The van der Waals surface area contributed by atoms with Crippen LogP contribution >= 0.6 is 0 Å². The summed E-state index contributed by atoms with van der Waals surface area (Å²) in [6, 6.07) is 3.42. The topological polar surface area (TPSA) is 63.6 Å². The van der Waals surface area contributed by atoms with E-state index in [0.29, 0.717) is 17.7 Å². The zero-order valence-electron chi connectivity index (χ0n) is 11.3. The van der Waals surface area contributed by atoms with Crippen LogP contribution in [0.3, 0.4) is 0 Å². The van der Waals surface area contributed by atoms with Gasteiger partial charge in [0.2, 0.25) is 5.69 Å². The van der Waals surface area contributed by atoms with E-state index in [0.717, 1.165) is 5.39 Å². The number of furan rings is 1. The van der Waals surface area contributed by atoms with Crippen molar-refractivity contribution in [1.29, 1.82) is 0 Å². The zero-order valence-corrected chi connectivity index (χ0v) is 11.3. The standard InChI is InChI=1S/C14H18NO4/c1-4-11(16)13-10-6-8-18-12(10)5-7-15(13)14(17)19-9(2)3/h5-9,11,16H,4H2,1-3H3/q+1. The number of rotatable bonds is 3. The summed E-state index contributed by atoms with van der Waals surface area (Å²) in [7, 11) is 0. The third kappa shape index (κ3) is 2.61. The van der Waals surface area contributed by atoms with Gasteiger partial charge in [-0.3, -0.25) is 0 Å². The number of nitrogens with zero attached hydrogens (tertiary/aromatic N) is 1. The van der Waals surface area contributed by atoms with Gasteiger partial charge in [0.1, 0.15) is 17.8 Å². The third-order valence-electron chi connectivity index (χ3n) is 2.84. The minimum atomic E-state index is -0.749. The number of ether oxygens (including phenoxy) is 1. The van der Waals surface area contributed by atoms with Crippen molar-refractivity contribution >= 4 is 17.1 Å². The van der Waals surface area contributed by atoms with Crippen LogP contribution in [0.5, 0.6) is 0 Å². The highest BCUT2D eigenvalue weighted by Crippen LogP contribution is 2.23. The number of aliphatic hydroxyl groups is 1. The Morgan fingerprint density at radius 2 is 2.21 bits per heavy atom. The molecule has 5 nitrogen and oxygen atoms in total. The zero-order chi connectivity index (χ0) is 14.0. The fourth-order valence-corrected chi connectivity index (χ4v) is 1.96. The maximum absolute atomic E-state index is 12.1. The van der Waals surface area contributed by atoms with E-state index in [1.165, 1.54) is 10.8 Å². The maximum atomic E-state index is 12.1. The lowest BCUT2D eigenvalue weighted by atomic mass is 10.1. The quantitative estimate of drug-likeness (QED) is 0.865. The van der Waals surface area contributed by atoms with Crippen LogP contribution in [0.25, 0.3) is 11.0 Å². The van der Waals surface area contributed by atoms with Crippen molar-refractivity contribution in [1.82, 2.24) is 0 Å². The first kappa shape index (κ1) is 13.5. The summed E-state index contributed by atoms with van der Waals surface area (Å²) < 4.78 is 11.8. The van der Waals surface area contributed by atoms with Crippen LogP contribution in [0.4, 0.5) is 4.79 Å². The first-order valence-corrected chi connectivity index (χ1v) is 6.35. The predicted octanol–water partition coefficient (Wildman–Crippen LogP) is 2.56. The smallest absolute Gasteiger partial charge is 0.464 e. The summed E-state index contributed by atoms with van der Waals surface area (Å²) in [6.07, 6.45) is 2.13. The molecule has 1 N–H and O–H groups in total. The lowest BCUT2D eigenvalue weighted by Crippen LogP contribution is -2.48. The molecule has 0 aliphatic carbocycles. The van der Waals surface area contributed by atoms with Crippen molar-refractivity contribution in [2.24, 2.45) is 0 Å². The molecule has 0 saturated carbocycles. The van der Waals surface area contributed by atoms with Crippen LogP contribution in [0, 0.1) is 0 Å². The molecule has 0 aliphatic heterocycles. The minimum absolute atomic E-state index is 0.216. The highest BCUT2D eigenvalue weighted by Gasteiger charge is 2.30. The highest BCUT2D eigenvalue weighted by molar-refractivity contribution is 5.79. The molecular weight excluding hydrogens is 246 g/mol. The van der Waals surface area contributed by atoms with E-state index in [4.69, 9.17) is 9.15 Å². The van der Waals surface area contributed by atoms with Gasteiger partial charge in [0.15, 0.2) is 6.20 Å². The average molecular weight is 264 g/mol. The third-order valence-corrected chi connectivity index (χ3v) is 2.84. The van der Waals surface area contributed by atoms with Crippen molar-refractivity contribution in [2.75, 3.05) is 0 Å². The predicted molar refractivity (Wildman–Crippen MR) is 68.7 cm³/mol. The first-order valence-electron chi connectivity index (χ1n) is 6.35. The van der Waals surface area contributed by atoms with Crippen LogP contribution in [0.2, 0.25) is 0 Å². The van der Waals surface area contributed by atoms with Crippen molar-refractivity contribution in [3.05, 3.63) is 30.3 Å². The summed E-state index contributed by atoms with van der Waals surface area (Å²) in [5, 5.41) is 10.9. The molecule has 0 fully saturated rings. The van der Waals surface area contributed by atoms with E-state index in [1.54, 1.807) is 32.2 Å². The molecule has 102 valence electrons. The Labute approximate surface area is 111 Å². The number of fused-ring (bicyclic) bond motifs is 1. The number of pyridine rings is 1. The molecule has 0 aromatic carbocycles. The summed E-state index contributed by atoms with van der Waals surface area (Å²) in [4.78, 5) is 12.1. The number of aliphatic hydroxyl groups excluding tert-OH is 1. The molecule has 2 aromatic heterocycles. The van der Waals surface area contributed by atoms with Crippen LogP contribution in [0.1, 0.15) is 39.0 Å². The molecule has 0 bridgehead atoms. The molecule has 2 heterocycles. The normalized spacial score (nSPS) is 12.9. The molecular formula is C14H18NO4+. The van der Waals surface area contributed by atoms with E-state index >= 15 is 0 Å². The van der Waals surface area contributed by atoms with Crippen molar-refractivity contribution in [3.63, 3.8) is 0 Å². The van der Waals surface area contributed by atoms with E-state index < -0.39 is 12.2 Å². The second-order valence-corrected chi connectivity index (χ2v) is 4.63. The van der Waals surface area contributed by atoms with Crippen LogP contribution in [-0.4, -0.2) is 17.3 Å². The van der Waals surface area contributed by atoms with Crippen LogP contribution in [0.15, 0.2) is 29.0 Å². The Morgan fingerprint density at radius 1 is 1.47 bits per heavy atom. The Bertz CT molecular complexity index is 588. The monoisotopic (exact) mass is 264 g/mol. The number of hydrogen-bond acceptors (Lipinski definition) is 4. The molecule has 0 amide bonds. The summed E-state index contributed by atoms with van der Waals surface area (Å²) >= 11 is 0. The maximum Gasteiger partial charge on any atom is 0.602 e. The Hall–Kier alpha value is -1.88. The second kappa shape index (κ2) is 5.40. The van der Waals surface area contributed by atoms with Gasteiger partial charge in [0.05, 0.1) is 11.6 Å². The van der Waals surface area contributed by atoms with Gasteiger partial charge in [0.25, 0.3) is 0 Å². The van der Waals surface area contributed by atoms with Gasteiger partial charge < -0.3 is 14.3 Å². The number of carbonyl (C=O) groups is 1. The van der Waals surface area contributed by atoms with Crippen molar-refractivity contribution in [2.45, 2.75) is 39.4 Å². The molecule has 19 heavy (non-hydrogen) atoms. The first-order chi connectivity index (χ1) is 9.04. The summed E-state index contributed by atoms with van der Waals surface area (Å²) in [6.45, 7) is 5.41. The summed E-state index contributed by atoms with van der Waals surface area (Å²) in [5.41, 5.74) is 1.13. The van der Waals surface area contributed by atoms with Gasteiger partial charge >= 0.3 is 6.09 Å². The van der Waals surface area contributed by atoms with Crippen LogP contribution < -0.4 is 4.57 Å². The molecule has 2 aromatic rings. The molecule has 1 atom stereocenters. The molecule has 0 aliphatic rings. The Balaban J connectivity index is 2.56. The fraction of sp³-hybridized carbons (Fsp3) is 0.429. The Kier molecular flexibility index (Phi) is 3.85. The largest absolute Gasteiger partial charge is 0.602 e. The Morgan fingerprint density at radius 3 is 2.84 bits per heavy atom. The van der Waals surface area contributed by atoms with Gasteiger partial charge in [-0.15, -0.1) is 0 Å². The molecule has 1 unspecified atom stereocenters. The van der Waals surface area contributed by atoms with E-state index in [9.17, 15) is 9.90 Å². The molecule has 5 heteroatoms. The minimum Gasteiger partial charge on any atom is -0.464 e. The molecule has 0 saturated heterocycles. The number of hydrogen-bond donors (Lipinski definition) is 1. The van der Waals surface area contributed by atoms with Gasteiger partial charge in [-0.1, -0.05) is 11.5 Å². The van der Waals surface area contributed by atoms with E-state index in [2.05, 4.69) is 0 Å².